The Morgan fingerprint density at radius 2 is 2.12 bits per heavy atom. The molecule has 94 valence electrons. The predicted octanol–water partition coefficient (Wildman–Crippen LogP) is -0.841. The molecule has 1 fully saturated rings. The molecule has 0 spiro atoms. The van der Waals surface area contributed by atoms with Gasteiger partial charge in [0.1, 0.15) is 18.8 Å². The summed E-state index contributed by atoms with van der Waals surface area (Å²) in [7, 11) is 0. The van der Waals surface area contributed by atoms with Crippen LogP contribution in [0.3, 0.4) is 0 Å². The van der Waals surface area contributed by atoms with Crippen LogP contribution in [0.25, 0.3) is 0 Å². The third kappa shape index (κ3) is 3.71. The molecule has 4 atom stereocenters. The van der Waals surface area contributed by atoms with Crippen LogP contribution in [0.2, 0.25) is 0 Å². The molecule has 0 aromatic carbocycles. The number of aliphatic hydroxyl groups is 3. The summed E-state index contributed by atoms with van der Waals surface area (Å²) in [6, 6.07) is 0. The molecule has 1 heterocycles. The zero-order chi connectivity index (χ0) is 12.1. The molecule has 0 bridgehead atoms. The first kappa shape index (κ1) is 13.4. The van der Waals surface area contributed by atoms with Crippen molar-refractivity contribution in [1.82, 2.24) is 0 Å². The summed E-state index contributed by atoms with van der Waals surface area (Å²) in [5, 5.41) is 28.1. The highest BCUT2D eigenvalue weighted by Crippen LogP contribution is 2.19. The first-order chi connectivity index (χ1) is 7.54. The van der Waals surface area contributed by atoms with Crippen LogP contribution < -0.4 is 0 Å². The van der Waals surface area contributed by atoms with Gasteiger partial charge >= 0.3 is 5.97 Å². The summed E-state index contributed by atoms with van der Waals surface area (Å²) in [6.07, 6.45) is -3.27. The molecule has 1 rings (SSSR count). The van der Waals surface area contributed by atoms with E-state index in [2.05, 4.69) is 0 Å². The topological polar surface area (TPSA) is 96.2 Å². The molecule has 0 aliphatic carbocycles. The van der Waals surface area contributed by atoms with Gasteiger partial charge in [-0.05, 0) is 6.42 Å². The third-order valence-corrected chi connectivity index (χ3v) is 2.41. The molecular formula is C10H18O6. The van der Waals surface area contributed by atoms with Crippen LogP contribution in [0.1, 0.15) is 26.2 Å². The van der Waals surface area contributed by atoms with Gasteiger partial charge in [-0.1, -0.05) is 6.92 Å². The monoisotopic (exact) mass is 234 g/mol. The summed E-state index contributed by atoms with van der Waals surface area (Å²) < 4.78 is 9.81. The molecule has 4 unspecified atom stereocenters. The van der Waals surface area contributed by atoms with Crippen LogP contribution in [-0.4, -0.2) is 52.5 Å². The number of rotatable bonds is 4. The third-order valence-electron chi connectivity index (χ3n) is 2.41. The van der Waals surface area contributed by atoms with Gasteiger partial charge < -0.3 is 24.8 Å². The lowest BCUT2D eigenvalue weighted by Gasteiger charge is -2.34. The van der Waals surface area contributed by atoms with Crippen LogP contribution in [-0.2, 0) is 14.3 Å². The minimum atomic E-state index is -1.14. The molecule has 1 saturated heterocycles. The van der Waals surface area contributed by atoms with E-state index in [9.17, 15) is 20.1 Å². The van der Waals surface area contributed by atoms with Crippen molar-refractivity contribution in [2.45, 2.75) is 50.8 Å². The van der Waals surface area contributed by atoms with E-state index in [1.54, 1.807) is 0 Å². The highest BCUT2D eigenvalue weighted by atomic mass is 16.6. The van der Waals surface area contributed by atoms with Crippen LogP contribution in [0.5, 0.6) is 0 Å². The Balaban J connectivity index is 2.37. The van der Waals surface area contributed by atoms with Gasteiger partial charge in [0, 0.05) is 12.8 Å². The van der Waals surface area contributed by atoms with Gasteiger partial charge in [0.2, 0.25) is 0 Å². The number of ether oxygens (including phenoxy) is 2. The quantitative estimate of drug-likeness (QED) is 0.549. The Labute approximate surface area is 93.8 Å². The Morgan fingerprint density at radius 1 is 1.44 bits per heavy atom. The highest BCUT2D eigenvalue weighted by molar-refractivity contribution is 5.69. The fourth-order valence-corrected chi connectivity index (χ4v) is 1.52. The van der Waals surface area contributed by atoms with Crippen molar-refractivity contribution in [3.63, 3.8) is 0 Å². The van der Waals surface area contributed by atoms with E-state index in [4.69, 9.17) is 9.47 Å². The maximum Gasteiger partial charge on any atom is 0.305 e. The molecule has 3 N–H and O–H groups in total. The predicted molar refractivity (Wildman–Crippen MR) is 53.4 cm³/mol. The van der Waals surface area contributed by atoms with E-state index < -0.39 is 24.6 Å². The molecule has 1 aliphatic rings. The summed E-state index contributed by atoms with van der Waals surface area (Å²) in [5.74, 6) is -0.382. The molecule has 0 aromatic rings. The minimum absolute atomic E-state index is 0.0411. The average Bonchev–Trinajstić information content (AvgIpc) is 2.21. The van der Waals surface area contributed by atoms with Gasteiger partial charge in [0.15, 0.2) is 6.29 Å². The normalized spacial score (nSPS) is 34.8. The first-order valence-electron chi connectivity index (χ1n) is 5.39. The molecule has 0 aromatic heterocycles. The Hall–Kier alpha value is -0.690. The van der Waals surface area contributed by atoms with Crippen molar-refractivity contribution in [3.05, 3.63) is 0 Å². The average molecular weight is 234 g/mol. The molecule has 0 amide bonds. The number of hydrogen-bond acceptors (Lipinski definition) is 6. The standard InChI is InChI=1S/C10H18O6/c1-2-3-8(12)15-5-7-10(14)6(11)4-9(13)16-7/h6-7,9-11,13-14H,2-5H2,1H3. The molecule has 1 aliphatic heterocycles. The van der Waals surface area contributed by atoms with Crippen molar-refractivity contribution in [2.75, 3.05) is 6.61 Å². The number of aliphatic hydroxyl groups excluding tert-OH is 3. The number of carbonyl (C=O) groups excluding carboxylic acids is 1. The van der Waals surface area contributed by atoms with E-state index in [0.717, 1.165) is 0 Å². The summed E-state index contributed by atoms with van der Waals surface area (Å²) in [6.45, 7) is 1.69. The van der Waals surface area contributed by atoms with Crippen LogP contribution in [0, 0.1) is 0 Å². The molecule has 0 radical (unpaired) electrons. The zero-order valence-corrected chi connectivity index (χ0v) is 9.20. The lowest BCUT2D eigenvalue weighted by molar-refractivity contribution is -0.242. The van der Waals surface area contributed by atoms with Gasteiger partial charge in [-0.15, -0.1) is 0 Å². The number of esters is 1. The maximum absolute atomic E-state index is 11.1. The van der Waals surface area contributed by atoms with Gasteiger partial charge in [0.25, 0.3) is 0 Å². The van der Waals surface area contributed by atoms with Crippen molar-refractivity contribution in [2.24, 2.45) is 0 Å². The fraction of sp³-hybridized carbons (Fsp3) is 0.900. The fourth-order valence-electron chi connectivity index (χ4n) is 1.52. The number of hydrogen-bond donors (Lipinski definition) is 3. The Morgan fingerprint density at radius 3 is 2.75 bits per heavy atom. The molecule has 6 nitrogen and oxygen atoms in total. The lowest BCUT2D eigenvalue weighted by atomic mass is 10.0. The molecule has 6 heteroatoms. The van der Waals surface area contributed by atoms with Crippen molar-refractivity contribution in [3.8, 4) is 0 Å². The maximum atomic E-state index is 11.1. The van der Waals surface area contributed by atoms with Crippen molar-refractivity contribution < 1.29 is 29.6 Å². The van der Waals surface area contributed by atoms with E-state index in [1.807, 2.05) is 6.92 Å². The van der Waals surface area contributed by atoms with E-state index in [1.165, 1.54) is 0 Å². The first-order valence-corrected chi connectivity index (χ1v) is 5.39. The van der Waals surface area contributed by atoms with E-state index in [0.29, 0.717) is 12.8 Å². The van der Waals surface area contributed by atoms with Gasteiger partial charge in [-0.3, -0.25) is 4.79 Å². The van der Waals surface area contributed by atoms with Crippen molar-refractivity contribution in [1.29, 1.82) is 0 Å². The van der Waals surface area contributed by atoms with Crippen LogP contribution in [0.15, 0.2) is 0 Å². The largest absolute Gasteiger partial charge is 0.463 e. The van der Waals surface area contributed by atoms with Gasteiger partial charge in [-0.2, -0.15) is 0 Å². The highest BCUT2D eigenvalue weighted by Gasteiger charge is 2.36. The van der Waals surface area contributed by atoms with Crippen LogP contribution in [0.4, 0.5) is 0 Å². The zero-order valence-electron chi connectivity index (χ0n) is 9.20. The lowest BCUT2D eigenvalue weighted by Crippen LogP contribution is -2.50. The SMILES string of the molecule is CCCC(=O)OCC1OC(O)CC(O)C1O. The Kier molecular flexibility index (Phi) is 5.14. The second kappa shape index (κ2) is 6.15. The minimum Gasteiger partial charge on any atom is -0.463 e. The van der Waals surface area contributed by atoms with Gasteiger partial charge in [0.05, 0.1) is 6.10 Å². The van der Waals surface area contributed by atoms with E-state index >= 15 is 0 Å². The van der Waals surface area contributed by atoms with Gasteiger partial charge in [-0.25, -0.2) is 0 Å². The summed E-state index contributed by atoms with van der Waals surface area (Å²) in [5.41, 5.74) is 0. The summed E-state index contributed by atoms with van der Waals surface area (Å²) in [4.78, 5) is 11.1. The molecular weight excluding hydrogens is 216 g/mol. The Bertz CT molecular complexity index is 231. The molecule has 0 saturated carbocycles. The number of carbonyl (C=O) groups is 1. The second-order valence-corrected chi connectivity index (χ2v) is 3.86. The molecule has 16 heavy (non-hydrogen) atoms. The van der Waals surface area contributed by atoms with E-state index in [-0.39, 0.29) is 19.0 Å². The smallest absolute Gasteiger partial charge is 0.305 e. The van der Waals surface area contributed by atoms with Crippen molar-refractivity contribution >= 4 is 5.97 Å². The summed E-state index contributed by atoms with van der Waals surface area (Å²) >= 11 is 0. The second-order valence-electron chi connectivity index (χ2n) is 3.86. The van der Waals surface area contributed by atoms with Crippen LogP contribution >= 0.6 is 0 Å².